The molecule has 3 aromatic rings. The Bertz CT molecular complexity index is 1160. The van der Waals surface area contributed by atoms with E-state index in [9.17, 15) is 9.59 Å². The van der Waals surface area contributed by atoms with Crippen LogP contribution >= 0.6 is 0 Å². The molecule has 0 unspecified atom stereocenters. The Morgan fingerprint density at radius 2 is 1.59 bits per heavy atom. The Morgan fingerprint density at radius 1 is 0.938 bits per heavy atom. The standard InChI is InChI=1S/C27H31N3O2/c1-26(2,3)22-13-10-19(11-14-22)17-29(5)18-30-24(31)27(4,28-25(30)32)23-15-12-20-8-6-7-9-21(20)16-23/h6-16H,17-18H2,1-5H3,(H,28,32)/t27-/m1/s1. The second-order valence-electron chi connectivity index (χ2n) is 9.95. The third kappa shape index (κ3) is 4.13. The largest absolute Gasteiger partial charge is 0.326 e. The molecule has 0 bridgehead atoms. The first-order valence-electron chi connectivity index (χ1n) is 11.0. The summed E-state index contributed by atoms with van der Waals surface area (Å²) in [7, 11) is 1.92. The monoisotopic (exact) mass is 429 g/mol. The summed E-state index contributed by atoms with van der Waals surface area (Å²) in [5, 5.41) is 5.06. The lowest BCUT2D eigenvalue weighted by Crippen LogP contribution is -2.42. The zero-order chi connectivity index (χ0) is 23.1. The van der Waals surface area contributed by atoms with Crippen LogP contribution in [0.25, 0.3) is 10.8 Å². The van der Waals surface area contributed by atoms with Gasteiger partial charge in [0.2, 0.25) is 0 Å². The SMILES string of the molecule is CN(Cc1ccc(C(C)(C)C)cc1)CN1C(=O)N[C@](C)(c2ccc3ccccc3c2)C1=O. The second kappa shape index (κ2) is 8.06. The smallest absolute Gasteiger partial charge is 0.319 e. The zero-order valence-electron chi connectivity index (χ0n) is 19.5. The van der Waals surface area contributed by atoms with Crippen LogP contribution in [0.2, 0.25) is 0 Å². The number of carbonyl (C=O) groups excluding carboxylic acids is 2. The van der Waals surface area contributed by atoms with Crippen LogP contribution < -0.4 is 5.32 Å². The summed E-state index contributed by atoms with van der Waals surface area (Å²) in [6.45, 7) is 9.24. The van der Waals surface area contributed by atoms with Gasteiger partial charge in [-0.1, -0.05) is 81.4 Å². The van der Waals surface area contributed by atoms with Crippen molar-refractivity contribution in [3.05, 3.63) is 83.4 Å². The van der Waals surface area contributed by atoms with Crippen LogP contribution in [0, 0.1) is 0 Å². The molecule has 0 spiro atoms. The number of rotatable bonds is 5. The van der Waals surface area contributed by atoms with Gasteiger partial charge in [0.15, 0.2) is 0 Å². The first kappa shape index (κ1) is 22.0. The highest BCUT2D eigenvalue weighted by Crippen LogP contribution is 2.31. The summed E-state index contributed by atoms with van der Waals surface area (Å²) < 4.78 is 0. The van der Waals surface area contributed by atoms with Crippen molar-refractivity contribution in [2.75, 3.05) is 13.7 Å². The lowest BCUT2D eigenvalue weighted by Gasteiger charge is -2.25. The number of hydrogen-bond donors (Lipinski definition) is 1. The second-order valence-corrected chi connectivity index (χ2v) is 9.95. The van der Waals surface area contributed by atoms with Gasteiger partial charge in [0.25, 0.3) is 5.91 Å². The van der Waals surface area contributed by atoms with Gasteiger partial charge >= 0.3 is 6.03 Å². The van der Waals surface area contributed by atoms with Crippen LogP contribution in [0.3, 0.4) is 0 Å². The quantitative estimate of drug-likeness (QED) is 0.581. The average Bonchev–Trinajstić information content (AvgIpc) is 2.97. The van der Waals surface area contributed by atoms with Gasteiger partial charge in [-0.05, 0) is 52.9 Å². The van der Waals surface area contributed by atoms with E-state index in [1.54, 1.807) is 6.92 Å². The number of urea groups is 1. The highest BCUT2D eigenvalue weighted by molar-refractivity contribution is 6.07. The van der Waals surface area contributed by atoms with Gasteiger partial charge in [-0.15, -0.1) is 0 Å². The highest BCUT2D eigenvalue weighted by atomic mass is 16.2. The van der Waals surface area contributed by atoms with Crippen LogP contribution in [0.5, 0.6) is 0 Å². The van der Waals surface area contributed by atoms with E-state index in [-0.39, 0.29) is 24.0 Å². The lowest BCUT2D eigenvalue weighted by atomic mass is 9.87. The van der Waals surface area contributed by atoms with E-state index in [4.69, 9.17) is 0 Å². The predicted molar refractivity (Wildman–Crippen MR) is 128 cm³/mol. The number of amides is 3. The Balaban J connectivity index is 1.48. The Hall–Kier alpha value is -3.18. The van der Waals surface area contributed by atoms with Crippen LogP contribution in [0.1, 0.15) is 44.4 Å². The molecule has 1 aliphatic heterocycles. The van der Waals surface area contributed by atoms with Crippen molar-refractivity contribution >= 4 is 22.7 Å². The minimum atomic E-state index is -1.07. The number of imide groups is 1. The number of nitrogens with one attached hydrogen (secondary N) is 1. The fourth-order valence-electron chi connectivity index (χ4n) is 4.23. The van der Waals surface area contributed by atoms with E-state index >= 15 is 0 Å². The van der Waals surface area contributed by atoms with Crippen LogP contribution in [0.15, 0.2) is 66.7 Å². The number of nitrogens with zero attached hydrogens (tertiary/aromatic N) is 2. The summed E-state index contributed by atoms with van der Waals surface area (Å²) in [4.78, 5) is 29.4. The molecule has 4 rings (SSSR count). The third-order valence-corrected chi connectivity index (χ3v) is 6.26. The van der Waals surface area contributed by atoms with Gasteiger partial charge < -0.3 is 5.32 Å². The van der Waals surface area contributed by atoms with Crippen molar-refractivity contribution in [2.45, 2.75) is 45.2 Å². The third-order valence-electron chi connectivity index (χ3n) is 6.26. The van der Waals surface area contributed by atoms with Crippen LogP contribution in [-0.2, 0) is 22.3 Å². The van der Waals surface area contributed by atoms with E-state index in [0.29, 0.717) is 6.54 Å². The van der Waals surface area contributed by atoms with Crippen LogP contribution in [-0.4, -0.2) is 35.5 Å². The molecule has 3 aromatic carbocycles. The molecular formula is C27H31N3O2. The highest BCUT2D eigenvalue weighted by Gasteiger charge is 2.49. The van der Waals surface area contributed by atoms with E-state index < -0.39 is 5.54 Å². The van der Waals surface area contributed by atoms with Gasteiger partial charge in [-0.3, -0.25) is 9.69 Å². The molecule has 1 atom stereocenters. The first-order chi connectivity index (χ1) is 15.1. The molecule has 1 fully saturated rings. The van der Waals surface area contributed by atoms with Crippen molar-refractivity contribution in [1.82, 2.24) is 15.1 Å². The molecule has 0 saturated carbocycles. The van der Waals surface area contributed by atoms with E-state index in [1.807, 2.05) is 54.4 Å². The number of carbonyl (C=O) groups is 2. The Kier molecular flexibility index (Phi) is 5.55. The van der Waals surface area contributed by atoms with Gasteiger partial charge in [-0.2, -0.15) is 0 Å². The lowest BCUT2D eigenvalue weighted by molar-refractivity contribution is -0.132. The predicted octanol–water partition coefficient (Wildman–Crippen LogP) is 4.99. The van der Waals surface area contributed by atoms with Crippen LogP contribution in [0.4, 0.5) is 4.79 Å². The molecule has 0 aliphatic carbocycles. The molecule has 166 valence electrons. The molecule has 1 heterocycles. The van der Waals surface area contributed by atoms with Gasteiger partial charge in [0, 0.05) is 6.54 Å². The van der Waals surface area contributed by atoms with Crippen molar-refractivity contribution in [3.63, 3.8) is 0 Å². The molecule has 5 nitrogen and oxygen atoms in total. The zero-order valence-corrected chi connectivity index (χ0v) is 19.5. The maximum atomic E-state index is 13.3. The molecule has 5 heteroatoms. The maximum Gasteiger partial charge on any atom is 0.326 e. The fraction of sp³-hybridized carbons (Fsp3) is 0.333. The maximum absolute atomic E-state index is 13.3. The molecule has 3 amide bonds. The topological polar surface area (TPSA) is 52.6 Å². The van der Waals surface area contributed by atoms with Gasteiger partial charge in [-0.25, -0.2) is 9.69 Å². The van der Waals surface area contributed by atoms with Crippen molar-refractivity contribution < 1.29 is 9.59 Å². The van der Waals surface area contributed by atoms with E-state index in [1.165, 1.54) is 10.5 Å². The Morgan fingerprint density at radius 3 is 2.25 bits per heavy atom. The van der Waals surface area contributed by atoms with Crippen molar-refractivity contribution in [3.8, 4) is 0 Å². The van der Waals surface area contributed by atoms with Gasteiger partial charge in [0.05, 0.1) is 6.67 Å². The number of fused-ring (bicyclic) bond motifs is 1. The molecule has 1 N–H and O–H groups in total. The molecule has 0 aromatic heterocycles. The first-order valence-corrected chi connectivity index (χ1v) is 11.0. The Labute approximate surface area is 190 Å². The normalized spacial score (nSPS) is 19.1. The summed E-state index contributed by atoms with van der Waals surface area (Å²) in [6, 6.07) is 22.1. The van der Waals surface area contributed by atoms with Crippen molar-refractivity contribution in [1.29, 1.82) is 0 Å². The fourth-order valence-corrected chi connectivity index (χ4v) is 4.23. The summed E-state index contributed by atoms with van der Waals surface area (Å²) in [6.07, 6.45) is 0. The van der Waals surface area contributed by atoms with Crippen molar-refractivity contribution in [2.24, 2.45) is 0 Å². The molecule has 1 aliphatic rings. The average molecular weight is 430 g/mol. The molecule has 32 heavy (non-hydrogen) atoms. The summed E-state index contributed by atoms with van der Waals surface area (Å²) in [5.74, 6) is -0.229. The van der Waals surface area contributed by atoms with E-state index in [0.717, 1.165) is 21.9 Å². The molecular weight excluding hydrogens is 398 g/mol. The molecule has 1 saturated heterocycles. The van der Waals surface area contributed by atoms with Gasteiger partial charge in [0.1, 0.15) is 5.54 Å². The molecule has 0 radical (unpaired) electrons. The summed E-state index contributed by atoms with van der Waals surface area (Å²) in [5.41, 5.74) is 2.25. The van der Waals surface area contributed by atoms with E-state index in [2.05, 4.69) is 50.4 Å². The minimum Gasteiger partial charge on any atom is -0.319 e. The minimum absolute atomic E-state index is 0.109. The number of hydrogen-bond acceptors (Lipinski definition) is 3. The number of benzene rings is 3. The summed E-state index contributed by atoms with van der Waals surface area (Å²) >= 11 is 0.